The molecule has 0 aromatic heterocycles. The fourth-order valence-electron chi connectivity index (χ4n) is 4.19. The molecule has 3 aliphatic rings. The fourth-order valence-corrected chi connectivity index (χ4v) is 4.37. The second-order valence-corrected chi connectivity index (χ2v) is 7.86. The lowest BCUT2D eigenvalue weighted by Gasteiger charge is -2.38. The van der Waals surface area contributed by atoms with Gasteiger partial charge in [0, 0.05) is 28.1 Å². The van der Waals surface area contributed by atoms with Crippen molar-refractivity contribution < 1.29 is 18.6 Å². The average Bonchev–Trinajstić information content (AvgIpc) is 3.40. The standard InChI is InChI=1S/C23H16ClFN2O3/c24-15-5-7-20-17(10-15)19-11-18(13-4-6-21-22(9-13)29-12-28-21)26-27(19)23(30-20)14-2-1-3-16(25)8-14/h1-10,19,23H,11-12H2/t19-,23+/m1/s1. The summed E-state index contributed by atoms with van der Waals surface area (Å²) in [5.41, 5.74) is 3.53. The van der Waals surface area contributed by atoms with Crippen LogP contribution in [0.1, 0.15) is 35.4 Å². The summed E-state index contributed by atoms with van der Waals surface area (Å²) < 4.78 is 31.1. The van der Waals surface area contributed by atoms with E-state index in [0.717, 1.165) is 28.3 Å². The quantitative estimate of drug-likeness (QED) is 0.550. The maximum atomic E-state index is 13.9. The minimum atomic E-state index is -0.536. The number of benzene rings is 3. The zero-order chi connectivity index (χ0) is 20.2. The maximum absolute atomic E-state index is 13.9. The summed E-state index contributed by atoms with van der Waals surface area (Å²) in [4.78, 5) is 0. The van der Waals surface area contributed by atoms with Crippen molar-refractivity contribution in [1.29, 1.82) is 0 Å². The van der Waals surface area contributed by atoms with Crippen LogP contribution >= 0.6 is 11.6 Å². The van der Waals surface area contributed by atoms with Crippen LogP contribution < -0.4 is 14.2 Å². The number of hydrogen-bond acceptors (Lipinski definition) is 5. The van der Waals surface area contributed by atoms with Crippen LogP contribution in [-0.4, -0.2) is 17.5 Å². The Bertz CT molecular complexity index is 1200. The molecule has 150 valence electrons. The van der Waals surface area contributed by atoms with E-state index in [9.17, 15) is 4.39 Å². The van der Waals surface area contributed by atoms with Crippen LogP contribution in [0.2, 0.25) is 5.02 Å². The van der Waals surface area contributed by atoms with Gasteiger partial charge in [-0.25, -0.2) is 9.40 Å². The Hall–Kier alpha value is -3.25. The zero-order valence-electron chi connectivity index (χ0n) is 15.7. The van der Waals surface area contributed by atoms with Crippen LogP contribution in [0, 0.1) is 5.82 Å². The molecule has 2 atom stereocenters. The van der Waals surface area contributed by atoms with E-state index >= 15 is 0 Å². The maximum Gasteiger partial charge on any atom is 0.231 e. The third kappa shape index (κ3) is 2.79. The van der Waals surface area contributed by atoms with Crippen LogP contribution in [0.5, 0.6) is 17.2 Å². The van der Waals surface area contributed by atoms with Gasteiger partial charge in [-0.1, -0.05) is 23.7 Å². The molecule has 30 heavy (non-hydrogen) atoms. The predicted octanol–water partition coefficient (Wildman–Crippen LogP) is 5.45. The third-order valence-corrected chi connectivity index (χ3v) is 5.83. The van der Waals surface area contributed by atoms with Crippen molar-refractivity contribution in [3.8, 4) is 17.2 Å². The molecule has 0 spiro atoms. The van der Waals surface area contributed by atoms with E-state index in [-0.39, 0.29) is 18.7 Å². The number of halogens is 2. The average molecular weight is 423 g/mol. The van der Waals surface area contributed by atoms with E-state index in [1.54, 1.807) is 12.1 Å². The lowest BCUT2D eigenvalue weighted by molar-refractivity contribution is -0.0192. The second-order valence-electron chi connectivity index (χ2n) is 7.42. The SMILES string of the molecule is Fc1cccc([C@@H]2Oc3ccc(Cl)cc3[C@H]3CC(c4ccc5c(c4)OCO5)=NN32)c1. The third-order valence-electron chi connectivity index (χ3n) is 5.59. The molecule has 0 unspecified atom stereocenters. The molecule has 6 rings (SSSR count). The molecule has 3 aromatic carbocycles. The molecular formula is C23H16ClFN2O3. The topological polar surface area (TPSA) is 43.3 Å². The summed E-state index contributed by atoms with van der Waals surface area (Å²) in [5, 5.41) is 7.42. The summed E-state index contributed by atoms with van der Waals surface area (Å²) in [6.07, 6.45) is 0.133. The van der Waals surface area contributed by atoms with Crippen molar-refractivity contribution in [2.75, 3.05) is 6.79 Å². The summed E-state index contributed by atoms with van der Waals surface area (Å²) in [7, 11) is 0. The van der Waals surface area contributed by atoms with E-state index in [1.807, 2.05) is 41.4 Å². The van der Waals surface area contributed by atoms with E-state index in [1.165, 1.54) is 12.1 Å². The number of ether oxygens (including phenoxy) is 3. The molecule has 3 aromatic rings. The highest BCUT2D eigenvalue weighted by atomic mass is 35.5. The molecule has 0 saturated heterocycles. The van der Waals surface area contributed by atoms with Gasteiger partial charge in [0.25, 0.3) is 0 Å². The first-order valence-corrected chi connectivity index (χ1v) is 10.0. The minimum Gasteiger partial charge on any atom is -0.464 e. The van der Waals surface area contributed by atoms with E-state index in [4.69, 9.17) is 30.9 Å². The summed E-state index contributed by atoms with van der Waals surface area (Å²) >= 11 is 6.27. The number of fused-ring (bicyclic) bond motifs is 4. The predicted molar refractivity (Wildman–Crippen MR) is 110 cm³/mol. The van der Waals surface area contributed by atoms with Crippen LogP contribution in [0.3, 0.4) is 0 Å². The molecule has 0 radical (unpaired) electrons. The molecule has 3 heterocycles. The number of nitrogens with zero attached hydrogens (tertiary/aromatic N) is 2. The van der Waals surface area contributed by atoms with Crippen molar-refractivity contribution in [3.05, 3.63) is 88.2 Å². The smallest absolute Gasteiger partial charge is 0.231 e. The van der Waals surface area contributed by atoms with Gasteiger partial charge in [0.1, 0.15) is 11.6 Å². The van der Waals surface area contributed by atoms with Gasteiger partial charge in [0.15, 0.2) is 11.5 Å². The Morgan fingerprint density at radius 1 is 0.967 bits per heavy atom. The van der Waals surface area contributed by atoms with Crippen LogP contribution in [0.25, 0.3) is 0 Å². The van der Waals surface area contributed by atoms with E-state index in [0.29, 0.717) is 22.8 Å². The first-order chi connectivity index (χ1) is 14.7. The Labute approximate surface area is 177 Å². The van der Waals surface area contributed by atoms with Crippen molar-refractivity contribution in [2.24, 2.45) is 5.10 Å². The molecule has 0 bridgehead atoms. The molecule has 3 aliphatic heterocycles. The summed E-state index contributed by atoms with van der Waals surface area (Å²) in [6.45, 7) is 0.224. The highest BCUT2D eigenvalue weighted by Gasteiger charge is 2.41. The molecule has 0 fully saturated rings. The monoisotopic (exact) mass is 422 g/mol. The normalized spacial score (nSPS) is 21.0. The molecule has 7 heteroatoms. The number of hydrazone groups is 1. The van der Waals surface area contributed by atoms with Gasteiger partial charge in [-0.15, -0.1) is 0 Å². The summed E-state index contributed by atoms with van der Waals surface area (Å²) in [6, 6.07) is 17.7. The summed E-state index contributed by atoms with van der Waals surface area (Å²) in [5.74, 6) is 1.86. The Kier molecular flexibility index (Phi) is 3.89. The molecule has 0 aliphatic carbocycles. The largest absolute Gasteiger partial charge is 0.464 e. The van der Waals surface area contributed by atoms with Gasteiger partial charge in [-0.3, -0.25) is 0 Å². The highest BCUT2D eigenvalue weighted by molar-refractivity contribution is 6.30. The van der Waals surface area contributed by atoms with Gasteiger partial charge in [0.05, 0.1) is 11.8 Å². The molecule has 0 amide bonds. The van der Waals surface area contributed by atoms with E-state index in [2.05, 4.69) is 0 Å². The Morgan fingerprint density at radius 2 is 1.83 bits per heavy atom. The Morgan fingerprint density at radius 3 is 2.73 bits per heavy atom. The van der Waals surface area contributed by atoms with Crippen LogP contribution in [0.4, 0.5) is 4.39 Å². The molecule has 5 nitrogen and oxygen atoms in total. The van der Waals surface area contributed by atoms with Crippen molar-refractivity contribution >= 4 is 17.3 Å². The van der Waals surface area contributed by atoms with Crippen molar-refractivity contribution in [2.45, 2.75) is 18.7 Å². The molecule has 0 N–H and O–H groups in total. The lowest BCUT2D eigenvalue weighted by atomic mass is 9.95. The van der Waals surface area contributed by atoms with Crippen molar-refractivity contribution in [3.63, 3.8) is 0 Å². The molecule has 0 saturated carbocycles. The van der Waals surface area contributed by atoms with Crippen LogP contribution in [-0.2, 0) is 0 Å². The van der Waals surface area contributed by atoms with E-state index < -0.39 is 6.23 Å². The van der Waals surface area contributed by atoms with Gasteiger partial charge >= 0.3 is 0 Å². The highest BCUT2D eigenvalue weighted by Crippen LogP contribution is 2.48. The number of rotatable bonds is 2. The van der Waals surface area contributed by atoms with Crippen molar-refractivity contribution in [1.82, 2.24) is 5.01 Å². The van der Waals surface area contributed by atoms with Gasteiger partial charge in [0.2, 0.25) is 13.0 Å². The second kappa shape index (κ2) is 6.64. The van der Waals surface area contributed by atoms with Gasteiger partial charge in [-0.05, 0) is 48.5 Å². The number of hydrogen-bond donors (Lipinski definition) is 0. The lowest BCUT2D eigenvalue weighted by Crippen LogP contribution is -2.33. The van der Waals surface area contributed by atoms with Crippen LogP contribution in [0.15, 0.2) is 65.8 Å². The Balaban J connectivity index is 1.44. The first-order valence-electron chi connectivity index (χ1n) is 9.63. The van der Waals surface area contributed by atoms with Gasteiger partial charge in [-0.2, -0.15) is 5.10 Å². The zero-order valence-corrected chi connectivity index (χ0v) is 16.5. The minimum absolute atomic E-state index is 0.0684. The molecular weight excluding hydrogens is 407 g/mol. The first kappa shape index (κ1) is 17.6. The van der Waals surface area contributed by atoms with Gasteiger partial charge < -0.3 is 14.2 Å². The fraction of sp³-hybridized carbons (Fsp3) is 0.174.